The summed E-state index contributed by atoms with van der Waals surface area (Å²) in [6.07, 6.45) is 17.0. The molecular weight excluding hydrogens is 198 g/mol. The molecule has 16 heavy (non-hydrogen) atoms. The van der Waals surface area contributed by atoms with Crippen LogP contribution in [0.15, 0.2) is 48.6 Å². The average Bonchev–Trinajstić information content (AvgIpc) is 2.27. The monoisotopic (exact) mass is 217 g/mol. The first-order valence-electron chi connectivity index (χ1n) is 5.87. The molecule has 4 atom stereocenters. The van der Waals surface area contributed by atoms with Crippen LogP contribution in [0.5, 0.6) is 0 Å². The lowest BCUT2D eigenvalue weighted by Gasteiger charge is -2.29. The van der Waals surface area contributed by atoms with Crippen molar-refractivity contribution in [3.63, 3.8) is 0 Å². The highest BCUT2D eigenvalue weighted by Crippen LogP contribution is 2.13. The first-order valence-corrected chi connectivity index (χ1v) is 5.87. The Hall–Kier alpha value is -1.12. The Morgan fingerprint density at radius 2 is 1.56 bits per heavy atom. The fourth-order valence-corrected chi connectivity index (χ4v) is 1.97. The SMILES string of the molecule is CC1/C=C\C=C/C(C)OC2C=CC=CC2N1. The van der Waals surface area contributed by atoms with Gasteiger partial charge < -0.3 is 10.1 Å². The largest absolute Gasteiger partial charge is 0.365 e. The topological polar surface area (TPSA) is 21.3 Å². The van der Waals surface area contributed by atoms with E-state index in [0.29, 0.717) is 6.04 Å². The van der Waals surface area contributed by atoms with Crippen molar-refractivity contribution in [2.24, 2.45) is 0 Å². The minimum Gasteiger partial charge on any atom is -0.365 e. The van der Waals surface area contributed by atoms with Crippen molar-refractivity contribution in [3.8, 4) is 0 Å². The molecule has 0 radical (unpaired) electrons. The van der Waals surface area contributed by atoms with Crippen LogP contribution >= 0.6 is 0 Å². The standard InChI is InChI=1S/C14H19NO/c1-11-7-3-4-8-12(2)16-14-10-6-5-9-13(14)15-11/h3-15H,1-2H3/b7-3-,8-4-. The molecule has 0 aromatic rings. The number of hydrogen-bond acceptors (Lipinski definition) is 2. The zero-order valence-corrected chi connectivity index (χ0v) is 9.84. The molecule has 2 nitrogen and oxygen atoms in total. The predicted octanol–water partition coefficient (Wildman–Crippen LogP) is 2.36. The van der Waals surface area contributed by atoms with E-state index < -0.39 is 0 Å². The van der Waals surface area contributed by atoms with Gasteiger partial charge in [-0.05, 0) is 13.8 Å². The van der Waals surface area contributed by atoms with Crippen LogP contribution in [0.1, 0.15) is 13.8 Å². The smallest absolute Gasteiger partial charge is 0.0955 e. The van der Waals surface area contributed by atoms with Crippen LogP contribution in [0, 0.1) is 0 Å². The van der Waals surface area contributed by atoms with Crippen LogP contribution in [0.4, 0.5) is 0 Å². The van der Waals surface area contributed by atoms with Crippen LogP contribution in [0.2, 0.25) is 0 Å². The Labute approximate surface area is 97.4 Å². The van der Waals surface area contributed by atoms with Gasteiger partial charge in [-0.3, -0.25) is 0 Å². The number of hydrogen-bond donors (Lipinski definition) is 1. The fraction of sp³-hybridized carbons (Fsp3) is 0.429. The summed E-state index contributed by atoms with van der Waals surface area (Å²) in [7, 11) is 0. The summed E-state index contributed by atoms with van der Waals surface area (Å²) in [5.41, 5.74) is 0. The molecule has 1 aliphatic heterocycles. The maximum absolute atomic E-state index is 5.96. The third-order valence-corrected chi connectivity index (χ3v) is 2.80. The Bertz CT molecular complexity index is 307. The van der Waals surface area contributed by atoms with Gasteiger partial charge in [-0.2, -0.15) is 0 Å². The Morgan fingerprint density at radius 3 is 2.44 bits per heavy atom. The molecule has 0 spiro atoms. The predicted molar refractivity (Wildman–Crippen MR) is 67.3 cm³/mol. The van der Waals surface area contributed by atoms with E-state index in [1.165, 1.54) is 0 Å². The van der Waals surface area contributed by atoms with Crippen molar-refractivity contribution in [1.29, 1.82) is 0 Å². The van der Waals surface area contributed by atoms with Crippen LogP contribution in [-0.2, 0) is 4.74 Å². The van der Waals surface area contributed by atoms with E-state index >= 15 is 0 Å². The summed E-state index contributed by atoms with van der Waals surface area (Å²) in [6, 6.07) is 0.615. The third-order valence-electron chi connectivity index (χ3n) is 2.80. The van der Waals surface area contributed by atoms with Gasteiger partial charge in [-0.15, -0.1) is 0 Å². The van der Waals surface area contributed by atoms with Gasteiger partial charge in [0.1, 0.15) is 0 Å². The van der Waals surface area contributed by atoms with Crippen LogP contribution in [-0.4, -0.2) is 24.3 Å². The maximum Gasteiger partial charge on any atom is 0.0955 e. The van der Waals surface area contributed by atoms with Crippen molar-refractivity contribution in [1.82, 2.24) is 5.32 Å². The van der Waals surface area contributed by atoms with Gasteiger partial charge in [-0.1, -0.05) is 48.6 Å². The lowest BCUT2D eigenvalue weighted by atomic mass is 10.0. The van der Waals surface area contributed by atoms with Crippen molar-refractivity contribution in [3.05, 3.63) is 48.6 Å². The number of nitrogens with one attached hydrogen (secondary N) is 1. The second kappa shape index (κ2) is 5.28. The normalized spacial score (nSPS) is 42.4. The zero-order valence-electron chi connectivity index (χ0n) is 9.84. The molecule has 2 aliphatic rings. The Balaban J connectivity index is 2.16. The molecule has 0 aromatic carbocycles. The van der Waals surface area contributed by atoms with Gasteiger partial charge in [0.2, 0.25) is 0 Å². The highest BCUT2D eigenvalue weighted by Gasteiger charge is 2.21. The molecule has 1 aliphatic carbocycles. The summed E-state index contributed by atoms with van der Waals surface area (Å²) in [5.74, 6) is 0. The van der Waals surface area contributed by atoms with Gasteiger partial charge in [0.15, 0.2) is 0 Å². The van der Waals surface area contributed by atoms with Crippen LogP contribution < -0.4 is 5.32 Å². The molecular formula is C14H19NO. The first-order chi connectivity index (χ1) is 7.75. The van der Waals surface area contributed by atoms with Gasteiger partial charge in [0.25, 0.3) is 0 Å². The van der Waals surface area contributed by atoms with Gasteiger partial charge in [0, 0.05) is 6.04 Å². The molecule has 2 heteroatoms. The second-order valence-corrected chi connectivity index (χ2v) is 4.33. The van der Waals surface area contributed by atoms with E-state index in [9.17, 15) is 0 Å². The van der Waals surface area contributed by atoms with Crippen LogP contribution in [0.3, 0.4) is 0 Å². The number of rotatable bonds is 0. The zero-order chi connectivity index (χ0) is 11.4. The first kappa shape index (κ1) is 11.4. The van der Waals surface area contributed by atoms with E-state index in [-0.39, 0.29) is 18.2 Å². The van der Waals surface area contributed by atoms with Gasteiger partial charge in [0.05, 0.1) is 18.2 Å². The van der Waals surface area contributed by atoms with E-state index in [2.05, 4.69) is 55.6 Å². The highest BCUT2D eigenvalue weighted by atomic mass is 16.5. The maximum atomic E-state index is 5.96. The number of fused-ring (bicyclic) bond motifs is 1. The quantitative estimate of drug-likeness (QED) is 0.672. The Morgan fingerprint density at radius 1 is 0.875 bits per heavy atom. The van der Waals surface area contributed by atoms with Gasteiger partial charge >= 0.3 is 0 Å². The highest BCUT2D eigenvalue weighted by molar-refractivity contribution is 5.20. The average molecular weight is 217 g/mol. The molecule has 0 amide bonds. The van der Waals surface area contributed by atoms with Crippen molar-refractivity contribution in [2.75, 3.05) is 0 Å². The molecule has 1 heterocycles. The molecule has 0 fully saturated rings. The minimum atomic E-state index is 0.124. The fourth-order valence-electron chi connectivity index (χ4n) is 1.97. The second-order valence-electron chi connectivity index (χ2n) is 4.33. The van der Waals surface area contributed by atoms with Crippen molar-refractivity contribution < 1.29 is 4.74 Å². The lowest BCUT2D eigenvalue weighted by Crippen LogP contribution is -2.44. The number of ether oxygens (including phenoxy) is 1. The Kier molecular flexibility index (Phi) is 3.75. The van der Waals surface area contributed by atoms with E-state index in [1.54, 1.807) is 0 Å². The molecule has 0 saturated carbocycles. The summed E-state index contributed by atoms with van der Waals surface area (Å²) < 4.78 is 5.96. The molecule has 2 rings (SSSR count). The molecule has 0 aromatic heterocycles. The van der Waals surface area contributed by atoms with Crippen LogP contribution in [0.25, 0.3) is 0 Å². The molecule has 0 bridgehead atoms. The third kappa shape index (κ3) is 2.94. The minimum absolute atomic E-state index is 0.124. The summed E-state index contributed by atoms with van der Waals surface area (Å²) >= 11 is 0. The van der Waals surface area contributed by atoms with Gasteiger partial charge in [-0.25, -0.2) is 0 Å². The molecule has 4 unspecified atom stereocenters. The molecule has 0 saturated heterocycles. The summed E-state index contributed by atoms with van der Waals surface area (Å²) in [4.78, 5) is 0. The number of allylic oxidation sites excluding steroid dienone is 4. The van der Waals surface area contributed by atoms with E-state index in [1.807, 2.05) is 12.2 Å². The van der Waals surface area contributed by atoms with Crippen molar-refractivity contribution in [2.45, 2.75) is 38.1 Å². The van der Waals surface area contributed by atoms with E-state index in [0.717, 1.165) is 0 Å². The van der Waals surface area contributed by atoms with E-state index in [4.69, 9.17) is 4.74 Å². The molecule has 86 valence electrons. The van der Waals surface area contributed by atoms with Crippen molar-refractivity contribution >= 4 is 0 Å². The molecule has 1 N–H and O–H groups in total. The summed E-state index contributed by atoms with van der Waals surface area (Å²) in [6.45, 7) is 4.22. The lowest BCUT2D eigenvalue weighted by molar-refractivity contribution is 0.0362. The summed E-state index contributed by atoms with van der Waals surface area (Å²) in [5, 5.41) is 3.53.